The molecule has 1 saturated carbocycles. The minimum absolute atomic E-state index is 0.237. The molecule has 0 aliphatic heterocycles. The second kappa shape index (κ2) is 3.95. The van der Waals surface area contributed by atoms with Gasteiger partial charge in [0.15, 0.2) is 0 Å². The van der Waals surface area contributed by atoms with Crippen LogP contribution in [0.3, 0.4) is 0 Å². The van der Waals surface area contributed by atoms with Crippen LogP contribution in [-0.2, 0) is 6.42 Å². The van der Waals surface area contributed by atoms with Crippen molar-refractivity contribution < 1.29 is 5.11 Å². The lowest BCUT2D eigenvalue weighted by Crippen LogP contribution is -2.09. The topological polar surface area (TPSA) is 20.2 Å². The second-order valence-electron chi connectivity index (χ2n) is 4.18. The lowest BCUT2D eigenvalue weighted by Gasteiger charge is -2.11. The summed E-state index contributed by atoms with van der Waals surface area (Å²) >= 11 is 1.77. The predicted molar refractivity (Wildman–Crippen MR) is 60.7 cm³/mol. The smallest absolute Gasteiger partial charge is 0.0490 e. The second-order valence-corrected chi connectivity index (χ2v) is 5.06. The lowest BCUT2D eigenvalue weighted by molar-refractivity contribution is 0.211. The number of aliphatic hydroxyl groups is 1. The molecule has 1 aromatic rings. The van der Waals surface area contributed by atoms with Crippen molar-refractivity contribution in [2.75, 3.05) is 12.9 Å². The largest absolute Gasteiger partial charge is 0.396 e. The molecule has 1 nitrogen and oxygen atoms in total. The molecule has 2 heteroatoms. The Morgan fingerprint density at radius 1 is 1.29 bits per heavy atom. The van der Waals surface area contributed by atoms with Crippen LogP contribution < -0.4 is 0 Å². The van der Waals surface area contributed by atoms with Crippen molar-refractivity contribution in [2.45, 2.75) is 24.2 Å². The molecule has 0 atom stereocenters. The molecule has 0 saturated heterocycles. The summed E-state index contributed by atoms with van der Waals surface area (Å²) in [7, 11) is 0. The molecule has 2 rings (SSSR count). The quantitative estimate of drug-likeness (QED) is 0.768. The Bertz CT molecular complexity index is 301. The van der Waals surface area contributed by atoms with E-state index in [2.05, 4.69) is 30.5 Å². The molecule has 0 amide bonds. The van der Waals surface area contributed by atoms with Gasteiger partial charge in [0.05, 0.1) is 0 Å². The van der Waals surface area contributed by atoms with Gasteiger partial charge in [-0.05, 0) is 48.6 Å². The Morgan fingerprint density at radius 3 is 2.36 bits per heavy atom. The molecule has 0 heterocycles. The van der Waals surface area contributed by atoms with Crippen molar-refractivity contribution in [3.63, 3.8) is 0 Å². The maximum absolute atomic E-state index is 9.21. The number of hydrogen-bond donors (Lipinski definition) is 1. The number of rotatable bonds is 4. The Balaban J connectivity index is 2.03. The molecule has 0 radical (unpaired) electrons. The van der Waals surface area contributed by atoms with Gasteiger partial charge in [-0.25, -0.2) is 0 Å². The summed E-state index contributed by atoms with van der Waals surface area (Å²) in [5.41, 5.74) is 1.59. The normalized spacial score (nSPS) is 18.1. The molecular formula is C12H16OS. The summed E-state index contributed by atoms with van der Waals surface area (Å²) < 4.78 is 0. The Morgan fingerprint density at radius 2 is 1.93 bits per heavy atom. The number of aliphatic hydroxyl groups excluding tert-OH is 1. The zero-order chi connectivity index (χ0) is 10.0. The predicted octanol–water partition coefficient (Wildman–Crippen LogP) is 2.72. The highest BCUT2D eigenvalue weighted by atomic mass is 32.2. The molecule has 1 aliphatic carbocycles. The van der Waals surface area contributed by atoms with Gasteiger partial charge >= 0.3 is 0 Å². The van der Waals surface area contributed by atoms with Gasteiger partial charge in [0.2, 0.25) is 0 Å². The summed E-state index contributed by atoms with van der Waals surface area (Å²) in [6.45, 7) is 0.345. The maximum atomic E-state index is 9.21. The first-order valence-electron chi connectivity index (χ1n) is 5.02. The van der Waals surface area contributed by atoms with E-state index in [4.69, 9.17) is 0 Å². The third-order valence-corrected chi connectivity index (χ3v) is 3.77. The zero-order valence-electron chi connectivity index (χ0n) is 8.49. The first kappa shape index (κ1) is 10.1. The monoisotopic (exact) mass is 208 g/mol. The Hall–Kier alpha value is -0.470. The molecule has 0 bridgehead atoms. The van der Waals surface area contributed by atoms with Gasteiger partial charge in [-0.2, -0.15) is 0 Å². The van der Waals surface area contributed by atoms with Crippen molar-refractivity contribution in [2.24, 2.45) is 5.41 Å². The average Bonchev–Trinajstić information content (AvgIpc) is 3.00. The molecule has 1 fully saturated rings. The van der Waals surface area contributed by atoms with Crippen LogP contribution in [-0.4, -0.2) is 18.0 Å². The van der Waals surface area contributed by atoms with Gasteiger partial charge in [-0.15, -0.1) is 11.8 Å². The fourth-order valence-electron chi connectivity index (χ4n) is 1.74. The molecule has 0 spiro atoms. The van der Waals surface area contributed by atoms with Gasteiger partial charge < -0.3 is 5.11 Å². The summed E-state index contributed by atoms with van der Waals surface area (Å²) in [5.74, 6) is 0. The third-order valence-electron chi connectivity index (χ3n) is 3.03. The van der Waals surface area contributed by atoms with E-state index in [1.807, 2.05) is 0 Å². The van der Waals surface area contributed by atoms with Crippen LogP contribution in [0.5, 0.6) is 0 Å². The van der Waals surface area contributed by atoms with E-state index in [1.165, 1.54) is 23.3 Å². The lowest BCUT2D eigenvalue weighted by atomic mass is 9.98. The molecule has 0 unspecified atom stereocenters. The highest BCUT2D eigenvalue weighted by Gasteiger charge is 2.41. The summed E-state index contributed by atoms with van der Waals surface area (Å²) in [4.78, 5) is 1.31. The van der Waals surface area contributed by atoms with Gasteiger partial charge in [0, 0.05) is 11.5 Å². The first-order chi connectivity index (χ1) is 6.78. The summed E-state index contributed by atoms with van der Waals surface area (Å²) in [6.07, 6.45) is 5.50. The first-order valence-corrected chi connectivity index (χ1v) is 6.24. The van der Waals surface area contributed by atoms with Crippen molar-refractivity contribution in [3.8, 4) is 0 Å². The number of benzene rings is 1. The van der Waals surface area contributed by atoms with Gasteiger partial charge in [0.25, 0.3) is 0 Å². The Labute approximate surface area is 89.5 Å². The Kier molecular flexibility index (Phi) is 2.84. The standard InChI is InChI=1S/C12H16OS/c1-14-11-4-2-10(3-5-11)8-12(9-13)6-7-12/h2-5,13H,6-9H2,1H3. The van der Waals surface area contributed by atoms with Crippen LogP contribution in [0.2, 0.25) is 0 Å². The van der Waals surface area contributed by atoms with Crippen molar-refractivity contribution >= 4 is 11.8 Å². The fourth-order valence-corrected chi connectivity index (χ4v) is 2.15. The van der Waals surface area contributed by atoms with E-state index in [1.54, 1.807) is 11.8 Å². The zero-order valence-corrected chi connectivity index (χ0v) is 9.31. The van der Waals surface area contributed by atoms with Crippen LogP contribution in [0, 0.1) is 5.41 Å². The highest BCUT2D eigenvalue weighted by molar-refractivity contribution is 7.98. The molecule has 1 aliphatic rings. The van der Waals surface area contributed by atoms with Crippen molar-refractivity contribution in [1.82, 2.24) is 0 Å². The van der Waals surface area contributed by atoms with E-state index in [0.29, 0.717) is 6.61 Å². The molecule has 0 aromatic heterocycles. The van der Waals surface area contributed by atoms with Gasteiger partial charge in [-0.1, -0.05) is 12.1 Å². The fraction of sp³-hybridized carbons (Fsp3) is 0.500. The minimum Gasteiger partial charge on any atom is -0.396 e. The third kappa shape index (κ3) is 2.12. The van der Waals surface area contributed by atoms with E-state index in [0.717, 1.165) is 6.42 Å². The number of thioether (sulfide) groups is 1. The van der Waals surface area contributed by atoms with E-state index in [9.17, 15) is 5.11 Å². The summed E-state index contributed by atoms with van der Waals surface area (Å²) in [6, 6.07) is 8.68. The van der Waals surface area contributed by atoms with E-state index in [-0.39, 0.29) is 5.41 Å². The van der Waals surface area contributed by atoms with Gasteiger partial charge in [-0.3, -0.25) is 0 Å². The maximum Gasteiger partial charge on any atom is 0.0490 e. The SMILES string of the molecule is CSc1ccc(CC2(CO)CC2)cc1. The number of hydrogen-bond acceptors (Lipinski definition) is 2. The molecule has 76 valence electrons. The van der Waals surface area contributed by atoms with Crippen LogP contribution in [0.25, 0.3) is 0 Å². The highest BCUT2D eigenvalue weighted by Crippen LogP contribution is 2.47. The molecule has 1 aromatic carbocycles. The molecule has 1 N–H and O–H groups in total. The van der Waals surface area contributed by atoms with Gasteiger partial charge in [0.1, 0.15) is 0 Å². The molecular weight excluding hydrogens is 192 g/mol. The summed E-state index contributed by atoms with van der Waals surface area (Å²) in [5, 5.41) is 9.21. The minimum atomic E-state index is 0.237. The van der Waals surface area contributed by atoms with Crippen molar-refractivity contribution in [1.29, 1.82) is 0 Å². The van der Waals surface area contributed by atoms with E-state index < -0.39 is 0 Å². The van der Waals surface area contributed by atoms with Crippen molar-refractivity contribution in [3.05, 3.63) is 29.8 Å². The van der Waals surface area contributed by atoms with E-state index >= 15 is 0 Å². The van der Waals surface area contributed by atoms with Crippen LogP contribution in [0.1, 0.15) is 18.4 Å². The van der Waals surface area contributed by atoms with Crippen LogP contribution in [0.4, 0.5) is 0 Å². The van der Waals surface area contributed by atoms with Crippen LogP contribution in [0.15, 0.2) is 29.2 Å². The average molecular weight is 208 g/mol. The molecule has 14 heavy (non-hydrogen) atoms. The van der Waals surface area contributed by atoms with Crippen LogP contribution >= 0.6 is 11.8 Å².